The average Bonchev–Trinajstić information content (AvgIpc) is 3.24. The summed E-state index contributed by atoms with van der Waals surface area (Å²) in [6.07, 6.45) is 6.56. The Labute approximate surface area is 160 Å². The van der Waals surface area contributed by atoms with E-state index in [2.05, 4.69) is 34.5 Å². The molecule has 0 unspecified atom stereocenters. The fourth-order valence-corrected chi connectivity index (χ4v) is 2.83. The van der Waals surface area contributed by atoms with Crippen molar-refractivity contribution in [1.29, 1.82) is 0 Å². The van der Waals surface area contributed by atoms with Gasteiger partial charge in [0.25, 0.3) is 0 Å². The van der Waals surface area contributed by atoms with Crippen LogP contribution in [0.25, 0.3) is 0 Å². The lowest BCUT2D eigenvalue weighted by Gasteiger charge is -2.10. The van der Waals surface area contributed by atoms with Crippen LogP contribution in [0.3, 0.4) is 0 Å². The molecule has 0 radical (unpaired) electrons. The summed E-state index contributed by atoms with van der Waals surface area (Å²) in [5, 5.41) is 7.81. The molecule has 2 N–H and O–H groups in total. The molecule has 7 heteroatoms. The lowest BCUT2D eigenvalue weighted by Crippen LogP contribution is -2.38. The van der Waals surface area contributed by atoms with E-state index < -0.39 is 0 Å². The maximum Gasteiger partial charge on any atom is 0.191 e. The van der Waals surface area contributed by atoms with Crippen LogP contribution in [0.4, 0.5) is 0 Å². The van der Waals surface area contributed by atoms with Gasteiger partial charge in [-0.15, -0.1) is 35.3 Å². The molecule has 1 aromatic rings. The Morgan fingerprint density at radius 1 is 1.43 bits per heavy atom. The summed E-state index contributed by atoms with van der Waals surface area (Å²) in [5.41, 5.74) is 0. The zero-order valence-electron chi connectivity index (χ0n) is 14.1. The zero-order chi connectivity index (χ0) is 15.6. The number of aliphatic imine (C=N–C) groups is 1. The van der Waals surface area contributed by atoms with Gasteiger partial charge in [-0.25, -0.2) is 4.98 Å². The maximum atomic E-state index is 5.62. The third kappa shape index (κ3) is 9.46. The Morgan fingerprint density at radius 2 is 2.26 bits per heavy atom. The van der Waals surface area contributed by atoms with Gasteiger partial charge in [0.1, 0.15) is 0 Å². The molecule has 23 heavy (non-hydrogen) atoms. The van der Waals surface area contributed by atoms with Crippen LogP contribution in [-0.2, 0) is 11.2 Å². The van der Waals surface area contributed by atoms with Gasteiger partial charge in [0, 0.05) is 50.3 Å². The Bertz CT molecular complexity index is 463. The van der Waals surface area contributed by atoms with Gasteiger partial charge in [-0.2, -0.15) is 0 Å². The van der Waals surface area contributed by atoms with E-state index >= 15 is 0 Å². The zero-order valence-corrected chi connectivity index (χ0v) is 17.3. The van der Waals surface area contributed by atoms with E-state index in [0.717, 1.165) is 57.6 Å². The van der Waals surface area contributed by atoms with Gasteiger partial charge in [0.2, 0.25) is 0 Å². The number of rotatable bonds is 10. The van der Waals surface area contributed by atoms with Crippen LogP contribution in [0.2, 0.25) is 0 Å². The Balaban J connectivity index is 0.00000264. The van der Waals surface area contributed by atoms with Crippen molar-refractivity contribution in [1.82, 2.24) is 15.6 Å². The number of guanidine groups is 1. The predicted molar refractivity (Wildman–Crippen MR) is 108 cm³/mol. The third-order valence-corrected chi connectivity index (χ3v) is 4.38. The summed E-state index contributed by atoms with van der Waals surface area (Å²) >= 11 is 1.76. The predicted octanol–water partition coefficient (Wildman–Crippen LogP) is 2.98. The van der Waals surface area contributed by atoms with Crippen LogP contribution >= 0.6 is 35.3 Å². The van der Waals surface area contributed by atoms with Crippen LogP contribution in [0.5, 0.6) is 0 Å². The van der Waals surface area contributed by atoms with E-state index in [0.29, 0.717) is 0 Å². The molecule has 0 atom stereocenters. The number of aromatic nitrogens is 1. The minimum absolute atomic E-state index is 0. The summed E-state index contributed by atoms with van der Waals surface area (Å²) in [7, 11) is 0. The third-order valence-electron chi connectivity index (χ3n) is 3.41. The Morgan fingerprint density at radius 3 is 2.91 bits per heavy atom. The minimum atomic E-state index is 0. The van der Waals surface area contributed by atoms with Crippen LogP contribution in [-0.4, -0.2) is 43.8 Å². The fourth-order valence-electron chi connectivity index (χ4n) is 2.04. The summed E-state index contributed by atoms with van der Waals surface area (Å²) in [5.74, 6) is 1.73. The summed E-state index contributed by atoms with van der Waals surface area (Å²) in [4.78, 5) is 10.2. The van der Waals surface area contributed by atoms with Crippen molar-refractivity contribution < 1.29 is 4.74 Å². The fraction of sp³-hybridized carbons (Fsp3) is 0.750. The molecule has 0 aromatic carbocycles. The number of nitrogens with one attached hydrogen (secondary N) is 2. The number of aryl methyl sites for hydroxylation is 1. The largest absolute Gasteiger partial charge is 0.381 e. The van der Waals surface area contributed by atoms with E-state index in [1.54, 1.807) is 11.3 Å². The molecular weight excluding hydrogens is 423 g/mol. The standard InChI is InChI=1S/C16H28N4OS.HI/c1-3-17-16(18-8-4-10-21-12-14-5-6-14)19-9-7-15-20-11-13(2)22-15;/h11,14H,3-10,12H2,1-2H3,(H2,17,18,19);1H. The van der Waals surface area contributed by atoms with Crippen molar-refractivity contribution in [2.45, 2.75) is 39.5 Å². The molecule has 1 heterocycles. The highest BCUT2D eigenvalue weighted by atomic mass is 127. The summed E-state index contributed by atoms with van der Waals surface area (Å²) in [6, 6.07) is 0. The van der Waals surface area contributed by atoms with Gasteiger partial charge in [0.15, 0.2) is 5.96 Å². The molecule has 0 spiro atoms. The number of nitrogens with zero attached hydrogens (tertiary/aromatic N) is 2. The van der Waals surface area contributed by atoms with Crippen LogP contribution < -0.4 is 10.6 Å². The van der Waals surface area contributed by atoms with Gasteiger partial charge in [-0.05, 0) is 39.0 Å². The first-order chi connectivity index (χ1) is 10.8. The van der Waals surface area contributed by atoms with E-state index in [-0.39, 0.29) is 24.0 Å². The molecule has 5 nitrogen and oxygen atoms in total. The first-order valence-electron chi connectivity index (χ1n) is 8.29. The molecule has 0 bridgehead atoms. The molecule has 0 aliphatic heterocycles. The Kier molecular flexibility index (Phi) is 10.8. The second-order valence-electron chi connectivity index (χ2n) is 5.67. The minimum Gasteiger partial charge on any atom is -0.381 e. The van der Waals surface area contributed by atoms with E-state index in [1.807, 2.05) is 6.20 Å². The molecule has 2 rings (SSSR count). The topological polar surface area (TPSA) is 58.5 Å². The maximum absolute atomic E-state index is 5.62. The quantitative estimate of drug-likeness (QED) is 0.248. The smallest absolute Gasteiger partial charge is 0.191 e. The highest BCUT2D eigenvalue weighted by molar-refractivity contribution is 14.0. The van der Waals surface area contributed by atoms with E-state index in [1.165, 1.54) is 22.7 Å². The molecule has 1 aliphatic carbocycles. The SMILES string of the molecule is CCNC(=NCCCOCC1CC1)NCCc1ncc(C)s1.I. The van der Waals surface area contributed by atoms with Gasteiger partial charge in [-0.3, -0.25) is 4.99 Å². The van der Waals surface area contributed by atoms with E-state index in [9.17, 15) is 0 Å². The molecule has 0 amide bonds. The van der Waals surface area contributed by atoms with Crippen LogP contribution in [0, 0.1) is 12.8 Å². The van der Waals surface area contributed by atoms with Crippen LogP contribution in [0.15, 0.2) is 11.2 Å². The second kappa shape index (κ2) is 12.0. The molecule has 132 valence electrons. The van der Waals surface area contributed by atoms with Gasteiger partial charge in [-0.1, -0.05) is 0 Å². The monoisotopic (exact) mass is 452 g/mol. The lowest BCUT2D eigenvalue weighted by atomic mass is 10.4. The molecule has 1 saturated carbocycles. The highest BCUT2D eigenvalue weighted by Crippen LogP contribution is 2.28. The number of thiazole rings is 1. The molecule has 1 aromatic heterocycles. The summed E-state index contributed by atoms with van der Waals surface area (Å²) in [6.45, 7) is 8.46. The number of hydrogen-bond acceptors (Lipinski definition) is 4. The molecule has 1 aliphatic rings. The molecule has 1 fully saturated rings. The highest BCUT2D eigenvalue weighted by Gasteiger charge is 2.20. The Hall–Kier alpha value is -0.410. The van der Waals surface area contributed by atoms with Crippen LogP contribution in [0.1, 0.15) is 36.1 Å². The average molecular weight is 452 g/mol. The molecule has 0 saturated heterocycles. The number of halogens is 1. The van der Waals surface area contributed by atoms with E-state index in [4.69, 9.17) is 4.74 Å². The van der Waals surface area contributed by atoms with Crippen molar-refractivity contribution in [3.05, 3.63) is 16.1 Å². The first kappa shape index (κ1) is 20.6. The van der Waals surface area contributed by atoms with Gasteiger partial charge >= 0.3 is 0 Å². The summed E-state index contributed by atoms with van der Waals surface area (Å²) < 4.78 is 5.62. The first-order valence-corrected chi connectivity index (χ1v) is 9.10. The van der Waals surface area contributed by atoms with Crippen molar-refractivity contribution in [2.75, 3.05) is 32.8 Å². The lowest BCUT2D eigenvalue weighted by molar-refractivity contribution is 0.123. The van der Waals surface area contributed by atoms with Gasteiger partial charge < -0.3 is 15.4 Å². The van der Waals surface area contributed by atoms with Crippen molar-refractivity contribution in [3.8, 4) is 0 Å². The van der Waals surface area contributed by atoms with Crippen molar-refractivity contribution >= 4 is 41.3 Å². The van der Waals surface area contributed by atoms with Crippen molar-refractivity contribution in [3.63, 3.8) is 0 Å². The van der Waals surface area contributed by atoms with Gasteiger partial charge in [0.05, 0.1) is 5.01 Å². The van der Waals surface area contributed by atoms with Crippen molar-refractivity contribution in [2.24, 2.45) is 10.9 Å². The molecular formula is C16H29IN4OS. The second-order valence-corrected chi connectivity index (χ2v) is 6.99. The number of hydrogen-bond donors (Lipinski definition) is 2. The normalized spacial score (nSPS) is 14.4. The number of ether oxygens (including phenoxy) is 1.